The van der Waals surface area contributed by atoms with Crippen LogP contribution in [0.15, 0.2) is 0 Å². The van der Waals surface area contributed by atoms with Gasteiger partial charge in [-0.2, -0.15) is 0 Å². The standard InChI is InChI=1S/C8H13NO4/c1-6(10)9-5-7(11)3-2-4-8(12)13/h2-5H2,1H3,(H,9,10)(H,12,13). The van der Waals surface area contributed by atoms with Crippen LogP contribution in [0.3, 0.4) is 0 Å². The maximum atomic E-state index is 10.9. The molecule has 0 fully saturated rings. The Morgan fingerprint density at radius 3 is 2.31 bits per heavy atom. The Labute approximate surface area is 76.1 Å². The van der Waals surface area contributed by atoms with Gasteiger partial charge in [0.25, 0.3) is 0 Å². The van der Waals surface area contributed by atoms with Gasteiger partial charge < -0.3 is 10.4 Å². The molecule has 5 heteroatoms. The van der Waals surface area contributed by atoms with E-state index in [2.05, 4.69) is 5.32 Å². The van der Waals surface area contributed by atoms with Gasteiger partial charge in [0, 0.05) is 19.8 Å². The number of rotatable bonds is 6. The highest BCUT2D eigenvalue weighted by Crippen LogP contribution is 1.95. The average Bonchev–Trinajstić information content (AvgIpc) is 2.00. The summed E-state index contributed by atoms with van der Waals surface area (Å²) in [5.74, 6) is -1.31. The molecular weight excluding hydrogens is 174 g/mol. The van der Waals surface area contributed by atoms with E-state index in [1.165, 1.54) is 6.92 Å². The molecule has 0 radical (unpaired) electrons. The highest BCUT2D eigenvalue weighted by molar-refractivity contribution is 5.85. The lowest BCUT2D eigenvalue weighted by Gasteiger charge is -1.99. The van der Waals surface area contributed by atoms with Crippen molar-refractivity contribution in [3.05, 3.63) is 0 Å². The number of hydrogen-bond donors (Lipinski definition) is 2. The van der Waals surface area contributed by atoms with Crippen LogP contribution in [0.1, 0.15) is 26.2 Å². The van der Waals surface area contributed by atoms with Crippen molar-refractivity contribution in [1.82, 2.24) is 5.32 Å². The van der Waals surface area contributed by atoms with E-state index in [0.717, 1.165) is 0 Å². The third-order valence-corrected chi connectivity index (χ3v) is 1.38. The highest BCUT2D eigenvalue weighted by Gasteiger charge is 2.04. The molecule has 0 saturated carbocycles. The van der Waals surface area contributed by atoms with Gasteiger partial charge in [0.2, 0.25) is 5.91 Å². The van der Waals surface area contributed by atoms with Crippen LogP contribution >= 0.6 is 0 Å². The number of amides is 1. The van der Waals surface area contributed by atoms with Crippen LogP contribution in [0, 0.1) is 0 Å². The minimum atomic E-state index is -0.910. The monoisotopic (exact) mass is 187 g/mol. The third kappa shape index (κ3) is 8.52. The zero-order valence-corrected chi connectivity index (χ0v) is 7.50. The molecule has 1 amide bonds. The number of aliphatic carboxylic acids is 1. The Kier molecular flexibility index (Phi) is 5.50. The Hall–Kier alpha value is -1.39. The summed E-state index contributed by atoms with van der Waals surface area (Å²) in [6.07, 6.45) is 0.520. The van der Waals surface area contributed by atoms with Crippen molar-refractivity contribution in [3.63, 3.8) is 0 Å². The molecule has 0 aliphatic heterocycles. The van der Waals surface area contributed by atoms with Crippen LogP contribution in [-0.2, 0) is 14.4 Å². The number of carboxylic acids is 1. The molecular formula is C8H13NO4. The molecule has 0 aromatic carbocycles. The maximum absolute atomic E-state index is 10.9. The largest absolute Gasteiger partial charge is 0.481 e. The second-order valence-electron chi connectivity index (χ2n) is 2.70. The van der Waals surface area contributed by atoms with Gasteiger partial charge in [-0.05, 0) is 6.42 Å². The van der Waals surface area contributed by atoms with E-state index in [1.54, 1.807) is 0 Å². The van der Waals surface area contributed by atoms with Crippen LogP contribution in [0.25, 0.3) is 0 Å². The molecule has 0 spiro atoms. The lowest BCUT2D eigenvalue weighted by Crippen LogP contribution is -2.27. The maximum Gasteiger partial charge on any atom is 0.303 e. The number of carboxylic acid groups (broad SMARTS) is 1. The summed E-state index contributed by atoms with van der Waals surface area (Å²) in [5, 5.41) is 10.6. The fourth-order valence-electron chi connectivity index (χ4n) is 0.748. The summed E-state index contributed by atoms with van der Waals surface area (Å²) >= 11 is 0. The number of carbonyl (C=O) groups is 3. The summed E-state index contributed by atoms with van der Waals surface area (Å²) in [4.78, 5) is 31.4. The molecule has 74 valence electrons. The third-order valence-electron chi connectivity index (χ3n) is 1.38. The Morgan fingerprint density at radius 1 is 1.23 bits per heavy atom. The van der Waals surface area contributed by atoms with Crippen LogP contribution in [-0.4, -0.2) is 29.3 Å². The van der Waals surface area contributed by atoms with Gasteiger partial charge in [-0.25, -0.2) is 0 Å². The number of Topliss-reactive ketones (excluding diaryl/α,β-unsaturated/α-hetero) is 1. The number of carbonyl (C=O) groups excluding carboxylic acids is 2. The van der Waals surface area contributed by atoms with E-state index in [1.807, 2.05) is 0 Å². The van der Waals surface area contributed by atoms with Crippen LogP contribution in [0.5, 0.6) is 0 Å². The normalized spacial score (nSPS) is 9.31. The van der Waals surface area contributed by atoms with Gasteiger partial charge >= 0.3 is 5.97 Å². The first-order valence-electron chi connectivity index (χ1n) is 4.00. The summed E-state index contributed by atoms with van der Waals surface area (Å²) in [5.41, 5.74) is 0. The summed E-state index contributed by atoms with van der Waals surface area (Å²) in [7, 11) is 0. The van der Waals surface area contributed by atoms with E-state index in [-0.39, 0.29) is 31.1 Å². The quantitative estimate of drug-likeness (QED) is 0.610. The van der Waals surface area contributed by atoms with Crippen molar-refractivity contribution in [1.29, 1.82) is 0 Å². The average molecular weight is 187 g/mol. The minimum absolute atomic E-state index is 0.00501. The minimum Gasteiger partial charge on any atom is -0.481 e. The molecule has 2 N–H and O–H groups in total. The highest BCUT2D eigenvalue weighted by atomic mass is 16.4. The first kappa shape index (κ1) is 11.6. The molecule has 0 aliphatic rings. The first-order chi connectivity index (χ1) is 6.02. The van der Waals surface area contributed by atoms with Crippen molar-refractivity contribution < 1.29 is 19.5 Å². The molecule has 0 unspecified atom stereocenters. The Bertz CT molecular complexity index is 212. The van der Waals surface area contributed by atoms with E-state index in [4.69, 9.17) is 5.11 Å². The van der Waals surface area contributed by atoms with Crippen LogP contribution in [0.4, 0.5) is 0 Å². The van der Waals surface area contributed by atoms with Gasteiger partial charge in [0.15, 0.2) is 5.78 Å². The zero-order valence-electron chi connectivity index (χ0n) is 7.50. The molecule has 0 saturated heterocycles. The fourth-order valence-corrected chi connectivity index (χ4v) is 0.748. The predicted molar refractivity (Wildman–Crippen MR) is 45.2 cm³/mol. The molecule has 13 heavy (non-hydrogen) atoms. The van der Waals surface area contributed by atoms with Crippen LogP contribution in [0.2, 0.25) is 0 Å². The van der Waals surface area contributed by atoms with Gasteiger partial charge in [-0.1, -0.05) is 0 Å². The second kappa shape index (κ2) is 6.16. The molecule has 0 heterocycles. The van der Waals surface area contributed by atoms with Crippen LogP contribution < -0.4 is 5.32 Å². The summed E-state index contributed by atoms with van der Waals surface area (Å²) in [6, 6.07) is 0. The number of hydrogen-bond acceptors (Lipinski definition) is 3. The second-order valence-corrected chi connectivity index (χ2v) is 2.70. The lowest BCUT2D eigenvalue weighted by atomic mass is 10.2. The Balaban J connectivity index is 3.41. The van der Waals surface area contributed by atoms with Crippen molar-refractivity contribution >= 4 is 17.7 Å². The molecule has 0 rings (SSSR count). The summed E-state index contributed by atoms with van der Waals surface area (Å²) in [6.45, 7) is 1.32. The zero-order chi connectivity index (χ0) is 10.3. The van der Waals surface area contributed by atoms with Crippen molar-refractivity contribution in [3.8, 4) is 0 Å². The van der Waals surface area contributed by atoms with Crippen molar-refractivity contribution in [2.45, 2.75) is 26.2 Å². The van der Waals surface area contributed by atoms with E-state index >= 15 is 0 Å². The number of nitrogens with one attached hydrogen (secondary N) is 1. The molecule has 0 atom stereocenters. The van der Waals surface area contributed by atoms with E-state index in [9.17, 15) is 14.4 Å². The molecule has 5 nitrogen and oxygen atoms in total. The van der Waals surface area contributed by atoms with E-state index in [0.29, 0.717) is 6.42 Å². The molecule has 0 aromatic heterocycles. The Morgan fingerprint density at radius 2 is 1.85 bits per heavy atom. The number of ketones is 1. The van der Waals surface area contributed by atoms with Gasteiger partial charge in [-0.15, -0.1) is 0 Å². The predicted octanol–water partition coefficient (Wildman–Crippen LogP) is -0.0535. The van der Waals surface area contributed by atoms with Gasteiger partial charge in [0.05, 0.1) is 6.54 Å². The molecule has 0 aliphatic carbocycles. The van der Waals surface area contributed by atoms with Gasteiger partial charge in [-0.3, -0.25) is 14.4 Å². The lowest BCUT2D eigenvalue weighted by molar-refractivity contribution is -0.137. The van der Waals surface area contributed by atoms with Gasteiger partial charge in [0.1, 0.15) is 0 Å². The van der Waals surface area contributed by atoms with E-state index < -0.39 is 5.97 Å². The SMILES string of the molecule is CC(=O)NCC(=O)CCCC(=O)O. The summed E-state index contributed by atoms with van der Waals surface area (Å²) < 4.78 is 0. The van der Waals surface area contributed by atoms with Crippen molar-refractivity contribution in [2.75, 3.05) is 6.54 Å². The fraction of sp³-hybridized carbons (Fsp3) is 0.625. The molecule has 0 bridgehead atoms. The molecule has 0 aromatic rings. The first-order valence-corrected chi connectivity index (χ1v) is 4.00. The van der Waals surface area contributed by atoms with Crippen molar-refractivity contribution in [2.24, 2.45) is 0 Å². The topological polar surface area (TPSA) is 83.5 Å². The smallest absolute Gasteiger partial charge is 0.303 e.